The van der Waals surface area contributed by atoms with Crippen LogP contribution in [-0.4, -0.2) is 11.1 Å². The molecule has 0 spiro atoms. The van der Waals surface area contributed by atoms with Crippen molar-refractivity contribution in [2.24, 2.45) is 0 Å². The Morgan fingerprint density at radius 3 is 2.35 bits per heavy atom. The highest BCUT2D eigenvalue weighted by Crippen LogP contribution is 2.18. The maximum absolute atomic E-state index is 13.1. The smallest absolute Gasteiger partial charge is 0.335 e. The number of rotatable bonds is 3. The maximum atomic E-state index is 13.1. The van der Waals surface area contributed by atoms with Gasteiger partial charge in [0, 0.05) is 0 Å². The van der Waals surface area contributed by atoms with Gasteiger partial charge in [-0.1, -0.05) is 24.3 Å². The van der Waals surface area contributed by atoms with Crippen LogP contribution in [0.1, 0.15) is 21.5 Å². The molecule has 0 bridgehead atoms. The molecular weight excluding hydrogens is 257 g/mol. The molecule has 2 aromatic carbocycles. The number of carboxylic acids is 1. The van der Waals surface area contributed by atoms with Crippen molar-refractivity contribution in [1.82, 2.24) is 0 Å². The van der Waals surface area contributed by atoms with Gasteiger partial charge in [0.2, 0.25) is 0 Å². The van der Waals surface area contributed by atoms with Gasteiger partial charge in [0.25, 0.3) is 0 Å². The summed E-state index contributed by atoms with van der Waals surface area (Å²) in [6, 6.07) is 13.9. The third-order valence-electron chi connectivity index (χ3n) is 2.72. The number of carboxylic acid groups (broad SMARTS) is 1. The second kappa shape index (κ2) is 5.81. The molecule has 0 atom stereocenters. The molecule has 0 radical (unpaired) electrons. The van der Waals surface area contributed by atoms with Gasteiger partial charge in [0.1, 0.15) is 5.82 Å². The topological polar surface area (TPSA) is 61.1 Å². The third-order valence-corrected chi connectivity index (χ3v) is 2.72. The number of halogens is 1. The Balaban J connectivity index is 2.37. The Hall–Kier alpha value is -2.93. The number of hydrogen-bond donors (Lipinski definition) is 1. The van der Waals surface area contributed by atoms with E-state index >= 15 is 0 Å². The maximum Gasteiger partial charge on any atom is 0.335 e. The average molecular weight is 267 g/mol. The van der Waals surface area contributed by atoms with E-state index in [-0.39, 0.29) is 11.4 Å². The Bertz CT molecular complexity index is 712. The lowest BCUT2D eigenvalue weighted by atomic mass is 10.0. The zero-order valence-corrected chi connectivity index (χ0v) is 10.4. The average Bonchev–Trinajstić information content (AvgIpc) is 2.45. The van der Waals surface area contributed by atoms with Crippen LogP contribution in [0.2, 0.25) is 0 Å². The highest BCUT2D eigenvalue weighted by atomic mass is 19.1. The summed E-state index contributed by atoms with van der Waals surface area (Å²) in [6.45, 7) is 0. The lowest BCUT2D eigenvalue weighted by molar-refractivity contribution is 0.0697. The molecular formula is C16H10FNO2. The van der Waals surface area contributed by atoms with E-state index in [1.165, 1.54) is 24.3 Å². The molecule has 0 aromatic heterocycles. The van der Waals surface area contributed by atoms with Gasteiger partial charge in [-0.25, -0.2) is 9.18 Å². The first-order chi connectivity index (χ1) is 9.60. The summed E-state index contributed by atoms with van der Waals surface area (Å²) in [6.07, 6.45) is 1.55. The van der Waals surface area contributed by atoms with Gasteiger partial charge in [-0.3, -0.25) is 0 Å². The summed E-state index contributed by atoms with van der Waals surface area (Å²) in [5.41, 5.74) is 1.65. The van der Waals surface area contributed by atoms with E-state index in [4.69, 9.17) is 10.4 Å². The molecule has 2 rings (SSSR count). The first kappa shape index (κ1) is 13.5. The van der Waals surface area contributed by atoms with Gasteiger partial charge in [-0.05, 0) is 41.5 Å². The van der Waals surface area contributed by atoms with Crippen LogP contribution in [0.25, 0.3) is 11.6 Å². The minimum Gasteiger partial charge on any atom is -0.478 e. The number of aromatic carboxylic acids is 1. The minimum atomic E-state index is -1.02. The van der Waals surface area contributed by atoms with Crippen LogP contribution in [0.3, 0.4) is 0 Å². The molecule has 3 nitrogen and oxygen atoms in total. The fourth-order valence-electron chi connectivity index (χ4n) is 1.74. The summed E-state index contributed by atoms with van der Waals surface area (Å²) < 4.78 is 13.1. The van der Waals surface area contributed by atoms with Crippen LogP contribution < -0.4 is 0 Å². The van der Waals surface area contributed by atoms with Crippen LogP contribution in [0.15, 0.2) is 48.5 Å². The molecule has 0 aliphatic rings. The van der Waals surface area contributed by atoms with Gasteiger partial charge in [-0.15, -0.1) is 0 Å². The monoisotopic (exact) mass is 267 g/mol. The van der Waals surface area contributed by atoms with Crippen molar-refractivity contribution in [3.05, 3.63) is 71.0 Å². The zero-order valence-electron chi connectivity index (χ0n) is 10.4. The fraction of sp³-hybridized carbons (Fsp3) is 0. The molecule has 98 valence electrons. The SMILES string of the molecule is N#CC(=Cc1cccc(F)c1)c1ccc(C(=O)O)cc1. The van der Waals surface area contributed by atoms with Crippen LogP contribution in [0.4, 0.5) is 4.39 Å². The Morgan fingerprint density at radius 1 is 1.15 bits per heavy atom. The molecule has 0 heterocycles. The predicted molar refractivity (Wildman–Crippen MR) is 73.3 cm³/mol. The Morgan fingerprint density at radius 2 is 1.80 bits per heavy atom. The van der Waals surface area contributed by atoms with E-state index in [1.807, 2.05) is 6.07 Å². The quantitative estimate of drug-likeness (QED) is 0.682. The number of nitriles is 1. The van der Waals surface area contributed by atoms with Crippen LogP contribution >= 0.6 is 0 Å². The molecule has 0 aliphatic heterocycles. The van der Waals surface area contributed by atoms with Gasteiger partial charge in [0.15, 0.2) is 0 Å². The summed E-state index contributed by atoms with van der Waals surface area (Å²) in [4.78, 5) is 10.8. The van der Waals surface area contributed by atoms with Gasteiger partial charge in [0.05, 0.1) is 17.2 Å². The van der Waals surface area contributed by atoms with E-state index in [9.17, 15) is 9.18 Å². The number of allylic oxidation sites excluding steroid dienone is 1. The summed E-state index contributed by atoms with van der Waals surface area (Å²) >= 11 is 0. The standard InChI is InChI=1S/C16H10FNO2/c17-15-3-1-2-11(9-15)8-14(10-18)12-4-6-13(7-5-12)16(19)20/h1-9H,(H,19,20). The van der Waals surface area contributed by atoms with E-state index < -0.39 is 5.97 Å². The molecule has 2 aromatic rings. The first-order valence-corrected chi connectivity index (χ1v) is 5.81. The number of hydrogen-bond acceptors (Lipinski definition) is 2. The molecule has 0 aliphatic carbocycles. The molecule has 1 N–H and O–H groups in total. The number of nitrogens with zero attached hydrogens (tertiary/aromatic N) is 1. The van der Waals surface area contributed by atoms with Gasteiger partial charge < -0.3 is 5.11 Å². The van der Waals surface area contributed by atoms with Crippen molar-refractivity contribution in [3.63, 3.8) is 0 Å². The van der Waals surface area contributed by atoms with Crippen molar-refractivity contribution in [1.29, 1.82) is 5.26 Å². The fourth-order valence-corrected chi connectivity index (χ4v) is 1.74. The van der Waals surface area contributed by atoms with Crippen LogP contribution in [-0.2, 0) is 0 Å². The van der Waals surface area contributed by atoms with Crippen molar-refractivity contribution in [2.75, 3.05) is 0 Å². The molecule has 0 saturated carbocycles. The van der Waals surface area contributed by atoms with Crippen molar-refractivity contribution in [2.45, 2.75) is 0 Å². The largest absolute Gasteiger partial charge is 0.478 e. The third kappa shape index (κ3) is 3.09. The lowest BCUT2D eigenvalue weighted by Gasteiger charge is -2.01. The molecule has 20 heavy (non-hydrogen) atoms. The summed E-state index contributed by atoms with van der Waals surface area (Å²) in [5.74, 6) is -1.40. The first-order valence-electron chi connectivity index (χ1n) is 5.81. The highest BCUT2D eigenvalue weighted by molar-refractivity contribution is 5.92. The lowest BCUT2D eigenvalue weighted by Crippen LogP contribution is -1.95. The summed E-state index contributed by atoms with van der Waals surface area (Å²) in [7, 11) is 0. The predicted octanol–water partition coefficient (Wildman–Crippen LogP) is 3.59. The van der Waals surface area contributed by atoms with E-state index in [1.54, 1.807) is 30.3 Å². The van der Waals surface area contributed by atoms with E-state index in [0.29, 0.717) is 16.7 Å². The minimum absolute atomic E-state index is 0.150. The highest BCUT2D eigenvalue weighted by Gasteiger charge is 2.05. The normalized spacial score (nSPS) is 10.9. The number of carbonyl (C=O) groups is 1. The Kier molecular flexibility index (Phi) is 3.92. The van der Waals surface area contributed by atoms with Crippen LogP contribution in [0.5, 0.6) is 0 Å². The summed E-state index contributed by atoms with van der Waals surface area (Å²) in [5, 5.41) is 18.0. The van der Waals surface area contributed by atoms with Gasteiger partial charge >= 0.3 is 5.97 Å². The molecule has 4 heteroatoms. The number of benzene rings is 2. The molecule has 0 unspecified atom stereocenters. The van der Waals surface area contributed by atoms with E-state index in [2.05, 4.69) is 0 Å². The second-order valence-corrected chi connectivity index (χ2v) is 4.11. The van der Waals surface area contributed by atoms with Crippen molar-refractivity contribution in [3.8, 4) is 6.07 Å². The van der Waals surface area contributed by atoms with Crippen molar-refractivity contribution >= 4 is 17.6 Å². The zero-order chi connectivity index (χ0) is 14.5. The van der Waals surface area contributed by atoms with Gasteiger partial charge in [-0.2, -0.15) is 5.26 Å². The van der Waals surface area contributed by atoms with E-state index in [0.717, 1.165) is 0 Å². The second-order valence-electron chi connectivity index (χ2n) is 4.11. The molecule has 0 fully saturated rings. The van der Waals surface area contributed by atoms with Crippen molar-refractivity contribution < 1.29 is 14.3 Å². The van der Waals surface area contributed by atoms with Crippen LogP contribution in [0, 0.1) is 17.1 Å². The Labute approximate surface area is 115 Å². The molecule has 0 saturated heterocycles. The molecule has 0 amide bonds.